The number of hydrogen-bond donors (Lipinski definition) is 0. The van der Waals surface area contributed by atoms with Crippen molar-refractivity contribution in [2.75, 3.05) is 20.6 Å². The number of aryl methyl sites for hydroxylation is 1. The summed E-state index contributed by atoms with van der Waals surface area (Å²) >= 11 is 0. The van der Waals surface area contributed by atoms with Crippen molar-refractivity contribution in [2.24, 2.45) is 0 Å². The zero-order valence-electron chi connectivity index (χ0n) is 7.97. The predicted octanol–water partition coefficient (Wildman–Crippen LogP) is 0.0423. The molecule has 5 nitrogen and oxygen atoms in total. The fourth-order valence-corrected chi connectivity index (χ4v) is 1.03. The van der Waals surface area contributed by atoms with Gasteiger partial charge in [-0.15, -0.1) is 5.10 Å². The van der Waals surface area contributed by atoms with Gasteiger partial charge in [-0.25, -0.2) is 0 Å². The fourth-order valence-electron chi connectivity index (χ4n) is 1.03. The average molecular weight is 182 g/mol. The third-order valence-electron chi connectivity index (χ3n) is 1.67. The second-order valence-corrected chi connectivity index (χ2v) is 3.18. The van der Waals surface area contributed by atoms with Crippen molar-refractivity contribution in [3.8, 4) is 0 Å². The Balaban J connectivity index is 2.32. The summed E-state index contributed by atoms with van der Waals surface area (Å²) in [6.45, 7) is 1.81. The lowest BCUT2D eigenvalue weighted by molar-refractivity contribution is 0.111. The van der Waals surface area contributed by atoms with Crippen molar-refractivity contribution < 1.29 is 4.79 Å². The Hall–Kier alpha value is -1.23. The minimum absolute atomic E-state index is 0.393. The lowest BCUT2D eigenvalue weighted by Gasteiger charge is -2.07. The Morgan fingerprint density at radius 3 is 2.92 bits per heavy atom. The number of carbonyl (C=O) groups excluding carboxylic acids is 1. The first-order valence-electron chi connectivity index (χ1n) is 4.22. The highest BCUT2D eigenvalue weighted by Crippen LogP contribution is 1.92. The standard InChI is InChI=1S/C8H14N4O/c1-11(2)4-3-5-12-6-8(7-13)9-10-12/h6-7H,3-5H2,1-2H3. The number of hydrogen-bond acceptors (Lipinski definition) is 4. The Labute approximate surface area is 77.3 Å². The summed E-state index contributed by atoms with van der Waals surface area (Å²) in [7, 11) is 4.05. The molecule has 0 saturated heterocycles. The molecule has 0 atom stereocenters. The molecule has 0 fully saturated rings. The van der Waals surface area contributed by atoms with Crippen molar-refractivity contribution in [3.05, 3.63) is 11.9 Å². The van der Waals surface area contributed by atoms with Gasteiger partial charge in [-0.2, -0.15) is 0 Å². The normalized spacial score (nSPS) is 10.7. The molecular weight excluding hydrogens is 168 g/mol. The van der Waals surface area contributed by atoms with Crippen LogP contribution in [0.4, 0.5) is 0 Å². The molecule has 0 aliphatic rings. The van der Waals surface area contributed by atoms with Crippen LogP contribution in [0.1, 0.15) is 16.9 Å². The van der Waals surface area contributed by atoms with Gasteiger partial charge in [0, 0.05) is 6.54 Å². The molecule has 0 aliphatic heterocycles. The van der Waals surface area contributed by atoms with Crippen LogP contribution in [-0.4, -0.2) is 46.8 Å². The second-order valence-electron chi connectivity index (χ2n) is 3.18. The van der Waals surface area contributed by atoms with Crippen LogP contribution in [0.5, 0.6) is 0 Å². The molecule has 0 aliphatic carbocycles. The van der Waals surface area contributed by atoms with E-state index in [0.717, 1.165) is 19.5 Å². The van der Waals surface area contributed by atoms with Gasteiger partial charge in [0.1, 0.15) is 5.69 Å². The highest BCUT2D eigenvalue weighted by atomic mass is 16.1. The molecule has 5 heteroatoms. The molecule has 1 aromatic rings. The lowest BCUT2D eigenvalue weighted by Crippen LogP contribution is -2.15. The first kappa shape index (κ1) is 9.85. The van der Waals surface area contributed by atoms with Crippen molar-refractivity contribution >= 4 is 6.29 Å². The van der Waals surface area contributed by atoms with E-state index >= 15 is 0 Å². The monoisotopic (exact) mass is 182 g/mol. The van der Waals surface area contributed by atoms with Crippen LogP contribution in [0.3, 0.4) is 0 Å². The molecule has 1 rings (SSSR count). The first-order chi connectivity index (χ1) is 6.22. The van der Waals surface area contributed by atoms with Crippen LogP contribution in [0.2, 0.25) is 0 Å². The van der Waals surface area contributed by atoms with Gasteiger partial charge >= 0.3 is 0 Å². The SMILES string of the molecule is CN(C)CCCn1cc(C=O)nn1. The van der Waals surface area contributed by atoms with E-state index < -0.39 is 0 Å². The van der Waals surface area contributed by atoms with Crippen molar-refractivity contribution in [1.82, 2.24) is 19.9 Å². The molecule has 0 amide bonds. The smallest absolute Gasteiger partial charge is 0.171 e. The molecule has 0 saturated carbocycles. The number of aldehydes is 1. The molecule has 1 heterocycles. The third kappa shape index (κ3) is 3.33. The molecule has 0 aromatic carbocycles. The van der Waals surface area contributed by atoms with E-state index in [9.17, 15) is 4.79 Å². The van der Waals surface area contributed by atoms with E-state index in [1.54, 1.807) is 10.9 Å². The van der Waals surface area contributed by atoms with Crippen LogP contribution >= 0.6 is 0 Å². The summed E-state index contributed by atoms with van der Waals surface area (Å²) in [6, 6.07) is 0. The molecule has 0 spiro atoms. The minimum Gasteiger partial charge on any atom is -0.309 e. The van der Waals surface area contributed by atoms with Gasteiger partial charge in [0.25, 0.3) is 0 Å². The van der Waals surface area contributed by atoms with E-state index in [-0.39, 0.29) is 0 Å². The second kappa shape index (κ2) is 4.71. The summed E-state index contributed by atoms with van der Waals surface area (Å²) < 4.78 is 1.69. The summed E-state index contributed by atoms with van der Waals surface area (Å²) in [6.07, 6.45) is 3.37. The first-order valence-corrected chi connectivity index (χ1v) is 4.22. The maximum Gasteiger partial charge on any atom is 0.171 e. The van der Waals surface area contributed by atoms with Gasteiger partial charge in [-0.3, -0.25) is 9.48 Å². The van der Waals surface area contributed by atoms with E-state index in [1.165, 1.54) is 0 Å². The van der Waals surface area contributed by atoms with E-state index in [0.29, 0.717) is 12.0 Å². The van der Waals surface area contributed by atoms with Crippen LogP contribution in [0, 0.1) is 0 Å². The fraction of sp³-hybridized carbons (Fsp3) is 0.625. The molecular formula is C8H14N4O. The van der Waals surface area contributed by atoms with Crippen LogP contribution in [-0.2, 0) is 6.54 Å². The predicted molar refractivity (Wildman–Crippen MR) is 48.6 cm³/mol. The number of rotatable bonds is 5. The molecule has 13 heavy (non-hydrogen) atoms. The third-order valence-corrected chi connectivity index (χ3v) is 1.67. The summed E-state index contributed by atoms with van der Waals surface area (Å²) in [4.78, 5) is 12.4. The maximum absolute atomic E-state index is 10.3. The van der Waals surface area contributed by atoms with Crippen LogP contribution in [0.15, 0.2) is 6.20 Å². The topological polar surface area (TPSA) is 51.0 Å². The van der Waals surface area contributed by atoms with Gasteiger partial charge < -0.3 is 4.90 Å². The Bertz CT molecular complexity index is 269. The van der Waals surface area contributed by atoms with Gasteiger partial charge in [0.05, 0.1) is 6.20 Å². The van der Waals surface area contributed by atoms with E-state index in [1.807, 2.05) is 14.1 Å². The van der Waals surface area contributed by atoms with Gasteiger partial charge in [0.15, 0.2) is 6.29 Å². The van der Waals surface area contributed by atoms with Crippen molar-refractivity contribution in [1.29, 1.82) is 0 Å². The maximum atomic E-state index is 10.3. The zero-order valence-corrected chi connectivity index (χ0v) is 7.97. The number of aromatic nitrogens is 3. The van der Waals surface area contributed by atoms with Crippen molar-refractivity contribution in [3.63, 3.8) is 0 Å². The van der Waals surface area contributed by atoms with E-state index in [2.05, 4.69) is 15.2 Å². The number of carbonyl (C=O) groups is 1. The Morgan fingerprint density at radius 1 is 1.62 bits per heavy atom. The summed E-state index contributed by atoms with van der Waals surface area (Å²) in [5.41, 5.74) is 0.393. The van der Waals surface area contributed by atoms with Crippen LogP contribution in [0.25, 0.3) is 0 Å². The molecule has 72 valence electrons. The molecule has 0 unspecified atom stereocenters. The summed E-state index contributed by atoms with van der Waals surface area (Å²) in [5, 5.41) is 7.46. The zero-order chi connectivity index (χ0) is 9.68. The molecule has 0 bridgehead atoms. The van der Waals surface area contributed by atoms with E-state index in [4.69, 9.17) is 0 Å². The lowest BCUT2D eigenvalue weighted by atomic mass is 10.4. The Morgan fingerprint density at radius 2 is 2.38 bits per heavy atom. The number of nitrogens with zero attached hydrogens (tertiary/aromatic N) is 4. The van der Waals surface area contributed by atoms with Gasteiger partial charge in [-0.05, 0) is 27.1 Å². The quantitative estimate of drug-likeness (QED) is 0.603. The average Bonchev–Trinajstić information content (AvgIpc) is 2.52. The highest BCUT2D eigenvalue weighted by Gasteiger charge is 1.98. The summed E-state index contributed by atoms with van der Waals surface area (Å²) in [5.74, 6) is 0. The van der Waals surface area contributed by atoms with Crippen molar-refractivity contribution in [2.45, 2.75) is 13.0 Å². The molecule has 1 aromatic heterocycles. The largest absolute Gasteiger partial charge is 0.309 e. The Kier molecular flexibility index (Phi) is 3.57. The molecule has 0 N–H and O–H groups in total. The minimum atomic E-state index is 0.393. The highest BCUT2D eigenvalue weighted by molar-refractivity contribution is 5.70. The van der Waals surface area contributed by atoms with Gasteiger partial charge in [-0.1, -0.05) is 5.21 Å². The van der Waals surface area contributed by atoms with Gasteiger partial charge in [0.2, 0.25) is 0 Å². The molecule has 0 radical (unpaired) electrons. The van der Waals surface area contributed by atoms with Crippen LogP contribution < -0.4 is 0 Å².